The molecule has 0 radical (unpaired) electrons. The van der Waals surface area contributed by atoms with Gasteiger partial charge in [-0.2, -0.15) is 0 Å². The van der Waals surface area contributed by atoms with Gasteiger partial charge >= 0.3 is 0 Å². The minimum atomic E-state index is -0.870. The van der Waals surface area contributed by atoms with Gasteiger partial charge in [-0.05, 0) is 40.2 Å². The summed E-state index contributed by atoms with van der Waals surface area (Å²) in [5.41, 5.74) is -1.19. The molecule has 0 rings (SSSR count). The molecular formula is C13H24O3. The van der Waals surface area contributed by atoms with E-state index in [2.05, 4.69) is 6.58 Å². The van der Waals surface area contributed by atoms with E-state index in [0.717, 1.165) is 0 Å². The topological polar surface area (TPSA) is 46.5 Å². The molecule has 1 atom stereocenters. The Balaban J connectivity index is 4.41. The normalized spacial score (nSPS) is 14.7. The Morgan fingerprint density at radius 2 is 1.81 bits per heavy atom. The highest BCUT2D eigenvalue weighted by Crippen LogP contribution is 2.21. The van der Waals surface area contributed by atoms with Crippen molar-refractivity contribution in [2.75, 3.05) is 6.61 Å². The van der Waals surface area contributed by atoms with Crippen molar-refractivity contribution < 1.29 is 14.6 Å². The van der Waals surface area contributed by atoms with Gasteiger partial charge in [0.2, 0.25) is 0 Å². The predicted octanol–water partition coefficient (Wildman–Crippen LogP) is 2.33. The molecule has 0 aromatic carbocycles. The number of ketones is 1. The first-order chi connectivity index (χ1) is 6.98. The fourth-order valence-corrected chi connectivity index (χ4v) is 1.12. The summed E-state index contributed by atoms with van der Waals surface area (Å²) in [5.74, 6) is -0.139. The van der Waals surface area contributed by atoms with Gasteiger partial charge in [-0.1, -0.05) is 13.5 Å². The zero-order valence-corrected chi connectivity index (χ0v) is 11.3. The van der Waals surface area contributed by atoms with Crippen LogP contribution in [0.5, 0.6) is 0 Å². The molecule has 0 saturated carbocycles. The summed E-state index contributed by atoms with van der Waals surface area (Å²) in [6, 6.07) is 0. The van der Waals surface area contributed by atoms with Gasteiger partial charge in [0.25, 0.3) is 0 Å². The minimum absolute atomic E-state index is 0.0373. The lowest BCUT2D eigenvalue weighted by Crippen LogP contribution is -2.40. The van der Waals surface area contributed by atoms with Crippen molar-refractivity contribution in [3.8, 4) is 0 Å². The van der Waals surface area contributed by atoms with Crippen molar-refractivity contribution in [2.45, 2.75) is 52.7 Å². The number of hydrogen-bond donors (Lipinski definition) is 1. The van der Waals surface area contributed by atoms with Gasteiger partial charge in [-0.25, -0.2) is 0 Å². The third-order valence-electron chi connectivity index (χ3n) is 2.83. The monoisotopic (exact) mass is 228 g/mol. The van der Waals surface area contributed by atoms with Crippen molar-refractivity contribution in [1.29, 1.82) is 0 Å². The van der Waals surface area contributed by atoms with E-state index in [1.54, 1.807) is 34.6 Å². The molecule has 16 heavy (non-hydrogen) atoms. The quantitative estimate of drug-likeness (QED) is 0.710. The lowest BCUT2D eigenvalue weighted by Gasteiger charge is -2.30. The average Bonchev–Trinajstić information content (AvgIpc) is 2.11. The van der Waals surface area contributed by atoms with Gasteiger partial charge in [0, 0.05) is 5.92 Å². The summed E-state index contributed by atoms with van der Waals surface area (Å²) >= 11 is 0. The van der Waals surface area contributed by atoms with Crippen LogP contribution < -0.4 is 0 Å². The van der Waals surface area contributed by atoms with Crippen LogP contribution in [0, 0.1) is 5.92 Å². The molecule has 0 aliphatic heterocycles. The molecule has 3 heteroatoms. The molecule has 1 unspecified atom stereocenters. The van der Waals surface area contributed by atoms with E-state index < -0.39 is 11.2 Å². The Bertz CT molecular complexity index is 271. The van der Waals surface area contributed by atoms with Crippen molar-refractivity contribution >= 4 is 5.78 Å². The maximum absolute atomic E-state index is 11.7. The molecule has 0 amide bonds. The highest BCUT2D eigenvalue weighted by atomic mass is 16.5. The Kier molecular flexibility index (Phi) is 4.89. The van der Waals surface area contributed by atoms with Crippen molar-refractivity contribution in [3.05, 3.63) is 12.2 Å². The zero-order valence-electron chi connectivity index (χ0n) is 11.3. The van der Waals surface area contributed by atoms with Crippen molar-refractivity contribution in [2.24, 2.45) is 5.92 Å². The molecule has 0 bridgehead atoms. The maximum Gasteiger partial charge on any atom is 0.189 e. The van der Waals surface area contributed by atoms with Crippen molar-refractivity contribution in [1.82, 2.24) is 0 Å². The number of carbonyl (C=O) groups excluding carboxylic acids is 1. The Morgan fingerprint density at radius 3 is 2.12 bits per heavy atom. The number of hydrogen-bond acceptors (Lipinski definition) is 3. The first-order valence-electron chi connectivity index (χ1n) is 5.55. The second-order valence-electron chi connectivity index (χ2n) is 5.49. The number of Topliss-reactive ketones (excluding diaryl/α,β-unsaturated/α-hetero) is 1. The molecule has 0 aliphatic rings. The molecule has 0 aromatic rings. The molecular weight excluding hydrogens is 204 g/mol. The SMILES string of the molecule is C=C(C)C(=O)C(C)(C)OCC(C)C(C)(C)O. The highest BCUT2D eigenvalue weighted by Gasteiger charge is 2.31. The fraction of sp³-hybridized carbons (Fsp3) is 0.769. The standard InChI is InChI=1S/C13H24O3/c1-9(2)11(14)13(6,7)16-8-10(3)12(4,5)15/h10,15H,1,8H2,2-7H3. The fourth-order valence-electron chi connectivity index (χ4n) is 1.12. The van der Waals surface area contributed by atoms with Gasteiger partial charge in [0.1, 0.15) is 5.60 Å². The lowest BCUT2D eigenvalue weighted by molar-refractivity contribution is -0.141. The first kappa shape index (κ1) is 15.3. The lowest BCUT2D eigenvalue weighted by atomic mass is 9.93. The van der Waals surface area contributed by atoms with Crippen molar-refractivity contribution in [3.63, 3.8) is 0 Å². The van der Waals surface area contributed by atoms with E-state index in [4.69, 9.17) is 4.74 Å². The summed E-state index contributed by atoms with van der Waals surface area (Å²) in [5, 5.41) is 9.75. The molecule has 1 N–H and O–H groups in total. The van der Waals surface area contributed by atoms with E-state index >= 15 is 0 Å². The maximum atomic E-state index is 11.7. The van der Waals surface area contributed by atoms with E-state index in [1.807, 2.05) is 6.92 Å². The molecule has 0 spiro atoms. The van der Waals surface area contributed by atoms with Gasteiger partial charge < -0.3 is 9.84 Å². The second-order valence-corrected chi connectivity index (χ2v) is 5.49. The van der Waals surface area contributed by atoms with Crippen LogP contribution in [0.15, 0.2) is 12.2 Å². The van der Waals surface area contributed by atoms with Gasteiger partial charge in [0.15, 0.2) is 5.78 Å². The van der Waals surface area contributed by atoms with Gasteiger partial charge in [0.05, 0.1) is 12.2 Å². The van der Waals surface area contributed by atoms with Crippen LogP contribution in [-0.2, 0) is 9.53 Å². The average molecular weight is 228 g/mol. The number of carbonyl (C=O) groups is 1. The largest absolute Gasteiger partial charge is 0.390 e. The molecule has 3 nitrogen and oxygen atoms in total. The highest BCUT2D eigenvalue weighted by molar-refractivity contribution is 6.00. The van der Waals surface area contributed by atoms with Crippen LogP contribution in [-0.4, -0.2) is 28.7 Å². The molecule has 0 fully saturated rings. The second kappa shape index (κ2) is 5.11. The van der Waals surface area contributed by atoms with E-state index in [0.29, 0.717) is 12.2 Å². The van der Waals surface area contributed by atoms with Crippen LogP contribution in [0.4, 0.5) is 0 Å². The van der Waals surface area contributed by atoms with Crippen LogP contribution in [0.25, 0.3) is 0 Å². The van der Waals surface area contributed by atoms with Crippen LogP contribution in [0.1, 0.15) is 41.5 Å². The number of ether oxygens (including phenoxy) is 1. The smallest absolute Gasteiger partial charge is 0.189 e. The zero-order chi connectivity index (χ0) is 13.1. The summed E-state index contributed by atoms with van der Waals surface area (Å²) in [6.45, 7) is 14.4. The summed E-state index contributed by atoms with van der Waals surface area (Å²) in [7, 11) is 0. The van der Waals surface area contributed by atoms with Crippen LogP contribution in [0.2, 0.25) is 0 Å². The van der Waals surface area contributed by atoms with E-state index in [-0.39, 0.29) is 11.7 Å². The molecule has 0 aliphatic carbocycles. The van der Waals surface area contributed by atoms with Crippen LogP contribution >= 0.6 is 0 Å². The molecule has 0 heterocycles. The molecule has 94 valence electrons. The molecule has 0 aromatic heterocycles. The Labute approximate surface area is 98.5 Å². The first-order valence-corrected chi connectivity index (χ1v) is 5.55. The third kappa shape index (κ3) is 4.45. The third-order valence-corrected chi connectivity index (χ3v) is 2.83. The number of aliphatic hydroxyl groups is 1. The summed E-state index contributed by atoms with van der Waals surface area (Å²) < 4.78 is 5.57. The molecule has 0 saturated heterocycles. The number of rotatable bonds is 6. The minimum Gasteiger partial charge on any atom is -0.390 e. The predicted molar refractivity (Wildman–Crippen MR) is 65.3 cm³/mol. The summed E-state index contributed by atoms with van der Waals surface area (Å²) in [6.07, 6.45) is 0. The van der Waals surface area contributed by atoms with E-state index in [9.17, 15) is 9.90 Å². The summed E-state index contributed by atoms with van der Waals surface area (Å²) in [4.78, 5) is 11.7. The van der Waals surface area contributed by atoms with E-state index in [1.165, 1.54) is 0 Å². The van der Waals surface area contributed by atoms with Gasteiger partial charge in [-0.15, -0.1) is 0 Å². The van der Waals surface area contributed by atoms with Gasteiger partial charge in [-0.3, -0.25) is 4.79 Å². The van der Waals surface area contributed by atoms with Crippen LogP contribution in [0.3, 0.4) is 0 Å². The Morgan fingerprint density at radius 1 is 1.38 bits per heavy atom. The Hall–Kier alpha value is -0.670.